The topological polar surface area (TPSA) is 53.4 Å². The molecular formula is C16H29N5O. The second kappa shape index (κ2) is 7.63. The third-order valence-corrected chi connectivity index (χ3v) is 3.99. The average Bonchev–Trinajstić information content (AvgIpc) is 2.93. The maximum absolute atomic E-state index is 12.0. The number of rotatable bonds is 5. The molecule has 6 heteroatoms. The van der Waals surface area contributed by atoms with E-state index in [2.05, 4.69) is 39.8 Å². The van der Waals surface area contributed by atoms with Gasteiger partial charge in [-0.15, -0.1) is 0 Å². The number of piperazine rings is 1. The maximum atomic E-state index is 12.0. The summed E-state index contributed by atoms with van der Waals surface area (Å²) in [5, 5.41) is 2.96. The lowest BCUT2D eigenvalue weighted by atomic mass is 10.2. The summed E-state index contributed by atoms with van der Waals surface area (Å²) >= 11 is 0. The van der Waals surface area contributed by atoms with Gasteiger partial charge in [-0.3, -0.25) is 4.90 Å². The molecule has 1 fully saturated rings. The first-order chi connectivity index (χ1) is 10.5. The molecule has 0 bridgehead atoms. The van der Waals surface area contributed by atoms with Crippen LogP contribution in [0.1, 0.15) is 39.4 Å². The van der Waals surface area contributed by atoms with Gasteiger partial charge >= 0.3 is 6.03 Å². The molecule has 1 aliphatic rings. The summed E-state index contributed by atoms with van der Waals surface area (Å²) in [5.74, 6) is 1.60. The van der Waals surface area contributed by atoms with Crippen molar-refractivity contribution in [3.63, 3.8) is 0 Å². The minimum Gasteiger partial charge on any atom is -0.336 e. The molecule has 2 heterocycles. The second-order valence-electron chi connectivity index (χ2n) is 6.57. The van der Waals surface area contributed by atoms with Crippen LogP contribution in [0.3, 0.4) is 0 Å². The summed E-state index contributed by atoms with van der Waals surface area (Å²) in [6.07, 6.45) is 3.94. The lowest BCUT2D eigenvalue weighted by Gasteiger charge is -2.35. The highest BCUT2D eigenvalue weighted by Gasteiger charge is 2.21. The summed E-state index contributed by atoms with van der Waals surface area (Å²) < 4.78 is 2.24. The fourth-order valence-corrected chi connectivity index (χ4v) is 2.77. The van der Waals surface area contributed by atoms with E-state index < -0.39 is 0 Å². The molecular weight excluding hydrogens is 278 g/mol. The molecule has 0 aliphatic carbocycles. The van der Waals surface area contributed by atoms with E-state index in [0.717, 1.165) is 45.1 Å². The number of nitrogens with one attached hydrogen (secondary N) is 1. The Morgan fingerprint density at radius 2 is 1.86 bits per heavy atom. The predicted octanol–water partition coefficient (Wildman–Crippen LogP) is 1.74. The largest absolute Gasteiger partial charge is 0.336 e. The molecule has 6 nitrogen and oxygen atoms in total. The fourth-order valence-electron chi connectivity index (χ4n) is 2.77. The molecule has 1 aliphatic heterocycles. The van der Waals surface area contributed by atoms with E-state index in [1.807, 2.05) is 24.9 Å². The van der Waals surface area contributed by atoms with Gasteiger partial charge < -0.3 is 14.8 Å². The zero-order valence-corrected chi connectivity index (χ0v) is 14.2. The zero-order valence-electron chi connectivity index (χ0n) is 14.2. The third-order valence-electron chi connectivity index (χ3n) is 3.99. The number of urea groups is 1. The summed E-state index contributed by atoms with van der Waals surface area (Å²) in [6, 6.07) is 0.257. The SMILES string of the molecule is CC(C)NC(=O)N1CCN(CCn2ccnc2C(C)C)CC1. The van der Waals surface area contributed by atoms with Crippen LogP contribution in [0, 0.1) is 0 Å². The number of nitrogens with zero attached hydrogens (tertiary/aromatic N) is 4. The number of aromatic nitrogens is 2. The van der Waals surface area contributed by atoms with Crippen molar-refractivity contribution in [2.24, 2.45) is 0 Å². The van der Waals surface area contributed by atoms with Crippen LogP contribution in [0.5, 0.6) is 0 Å². The minimum atomic E-state index is 0.0614. The Morgan fingerprint density at radius 1 is 1.18 bits per heavy atom. The predicted molar refractivity (Wildman–Crippen MR) is 88.0 cm³/mol. The Morgan fingerprint density at radius 3 is 2.45 bits per heavy atom. The Bertz CT molecular complexity index is 475. The molecule has 0 radical (unpaired) electrons. The van der Waals surface area contributed by atoms with E-state index in [9.17, 15) is 4.79 Å². The number of carbonyl (C=O) groups is 1. The van der Waals surface area contributed by atoms with Gasteiger partial charge in [0.15, 0.2) is 0 Å². The van der Waals surface area contributed by atoms with Crippen LogP contribution in [-0.4, -0.2) is 64.1 Å². The third kappa shape index (κ3) is 4.47. The van der Waals surface area contributed by atoms with Gasteiger partial charge in [-0.2, -0.15) is 0 Å². The minimum absolute atomic E-state index is 0.0614. The van der Waals surface area contributed by atoms with Crippen molar-refractivity contribution in [2.45, 2.75) is 46.2 Å². The first-order valence-corrected chi connectivity index (χ1v) is 8.26. The zero-order chi connectivity index (χ0) is 16.1. The standard InChI is InChI=1S/C16H29N5O/c1-13(2)15-17-5-6-20(15)10-7-19-8-11-21(12-9-19)16(22)18-14(3)4/h5-6,13-14H,7-12H2,1-4H3,(H,18,22). The molecule has 1 aromatic rings. The highest BCUT2D eigenvalue weighted by molar-refractivity contribution is 5.74. The van der Waals surface area contributed by atoms with Crippen LogP contribution in [0.25, 0.3) is 0 Å². The van der Waals surface area contributed by atoms with E-state index in [0.29, 0.717) is 5.92 Å². The van der Waals surface area contributed by atoms with Crippen LogP contribution >= 0.6 is 0 Å². The Labute approximate surface area is 133 Å². The van der Waals surface area contributed by atoms with E-state index in [1.54, 1.807) is 0 Å². The highest BCUT2D eigenvalue weighted by atomic mass is 16.2. The number of hydrogen-bond acceptors (Lipinski definition) is 3. The van der Waals surface area contributed by atoms with Crippen LogP contribution in [0.2, 0.25) is 0 Å². The monoisotopic (exact) mass is 307 g/mol. The van der Waals surface area contributed by atoms with Crippen LogP contribution in [0.15, 0.2) is 12.4 Å². The van der Waals surface area contributed by atoms with E-state index in [4.69, 9.17) is 0 Å². The number of amides is 2. The molecule has 0 aromatic carbocycles. The van der Waals surface area contributed by atoms with Gasteiger partial charge in [0, 0.05) is 63.6 Å². The lowest BCUT2D eigenvalue weighted by Crippen LogP contribution is -2.53. The van der Waals surface area contributed by atoms with Gasteiger partial charge in [-0.1, -0.05) is 13.8 Å². The molecule has 0 saturated carbocycles. The average molecular weight is 307 g/mol. The quantitative estimate of drug-likeness (QED) is 0.901. The molecule has 2 amide bonds. The number of imidazole rings is 1. The van der Waals surface area contributed by atoms with Gasteiger partial charge in [0.25, 0.3) is 0 Å². The molecule has 1 N–H and O–H groups in total. The Hall–Kier alpha value is -1.56. The van der Waals surface area contributed by atoms with Crippen molar-refractivity contribution in [3.05, 3.63) is 18.2 Å². The molecule has 0 unspecified atom stereocenters. The van der Waals surface area contributed by atoms with Crippen molar-refractivity contribution in [2.75, 3.05) is 32.7 Å². The highest BCUT2D eigenvalue weighted by Crippen LogP contribution is 2.12. The van der Waals surface area contributed by atoms with E-state index in [-0.39, 0.29) is 12.1 Å². The van der Waals surface area contributed by atoms with E-state index >= 15 is 0 Å². The lowest BCUT2D eigenvalue weighted by molar-refractivity contribution is 0.135. The van der Waals surface area contributed by atoms with Crippen molar-refractivity contribution in [1.82, 2.24) is 24.7 Å². The summed E-state index contributed by atoms with van der Waals surface area (Å²) in [7, 11) is 0. The van der Waals surface area contributed by atoms with Gasteiger partial charge in [-0.05, 0) is 13.8 Å². The Kier molecular flexibility index (Phi) is 5.83. The molecule has 0 atom stereocenters. The second-order valence-corrected chi connectivity index (χ2v) is 6.57. The van der Waals surface area contributed by atoms with Crippen molar-refractivity contribution in [3.8, 4) is 0 Å². The molecule has 22 heavy (non-hydrogen) atoms. The molecule has 2 rings (SSSR count). The van der Waals surface area contributed by atoms with E-state index in [1.165, 1.54) is 0 Å². The number of hydrogen-bond donors (Lipinski definition) is 1. The molecule has 1 aromatic heterocycles. The van der Waals surface area contributed by atoms with Crippen molar-refractivity contribution >= 4 is 6.03 Å². The summed E-state index contributed by atoms with van der Waals surface area (Å²) in [4.78, 5) is 20.7. The fraction of sp³-hybridized carbons (Fsp3) is 0.750. The molecule has 124 valence electrons. The normalized spacial score (nSPS) is 16.5. The van der Waals surface area contributed by atoms with Crippen molar-refractivity contribution in [1.29, 1.82) is 0 Å². The van der Waals surface area contributed by atoms with Gasteiger partial charge in [0.1, 0.15) is 5.82 Å². The van der Waals surface area contributed by atoms with Crippen LogP contribution in [-0.2, 0) is 6.54 Å². The summed E-state index contributed by atoms with van der Waals surface area (Å²) in [6.45, 7) is 13.8. The smallest absolute Gasteiger partial charge is 0.317 e. The number of carbonyl (C=O) groups excluding carboxylic acids is 1. The van der Waals surface area contributed by atoms with Crippen LogP contribution < -0.4 is 5.32 Å². The van der Waals surface area contributed by atoms with Gasteiger partial charge in [0.05, 0.1) is 0 Å². The van der Waals surface area contributed by atoms with Crippen molar-refractivity contribution < 1.29 is 4.79 Å². The van der Waals surface area contributed by atoms with Crippen LogP contribution in [0.4, 0.5) is 4.79 Å². The summed E-state index contributed by atoms with van der Waals surface area (Å²) in [5.41, 5.74) is 0. The molecule has 0 spiro atoms. The maximum Gasteiger partial charge on any atom is 0.317 e. The van der Waals surface area contributed by atoms with Gasteiger partial charge in [-0.25, -0.2) is 9.78 Å². The first-order valence-electron chi connectivity index (χ1n) is 8.26. The first kappa shape index (κ1) is 16.8. The van der Waals surface area contributed by atoms with Gasteiger partial charge in [0.2, 0.25) is 0 Å². The molecule has 1 saturated heterocycles. The Balaban J connectivity index is 1.76.